The summed E-state index contributed by atoms with van der Waals surface area (Å²) < 4.78 is 1.80. The summed E-state index contributed by atoms with van der Waals surface area (Å²) in [4.78, 5) is 24.0. The average molecular weight is 408 g/mol. The van der Waals surface area contributed by atoms with Crippen molar-refractivity contribution in [1.29, 1.82) is 0 Å². The van der Waals surface area contributed by atoms with Gasteiger partial charge in [0.2, 0.25) is 5.91 Å². The van der Waals surface area contributed by atoms with Gasteiger partial charge in [-0.25, -0.2) is 9.48 Å². The molecular weight excluding hydrogens is 378 g/mol. The number of aryl methyl sites for hydroxylation is 2. The van der Waals surface area contributed by atoms with Gasteiger partial charge < -0.3 is 15.2 Å². The molecule has 6 nitrogen and oxygen atoms in total. The standard InChI is InChI=1S/C18H18N2O2.C6H11NO/c1-13-3-7-15(8-4-13)19-11-12-20(17(19)18(21)22)16-9-5-14(2)6-10-16;8-6-4-2-1-3-5-7-6/h3-10H,11-12H2,1-2H3;1-5H2,(H,7,8). The van der Waals surface area contributed by atoms with Gasteiger partial charge >= 0.3 is 5.84 Å². The van der Waals surface area contributed by atoms with Gasteiger partial charge in [0.1, 0.15) is 24.5 Å². The van der Waals surface area contributed by atoms with E-state index in [1.807, 2.05) is 62.4 Å². The highest BCUT2D eigenvalue weighted by Gasteiger charge is 2.34. The molecule has 6 heteroatoms. The highest BCUT2D eigenvalue weighted by molar-refractivity contribution is 6.37. The second-order valence-electron chi connectivity index (χ2n) is 7.75. The molecular formula is C24H29N3O3. The maximum absolute atomic E-state index is 11.7. The average Bonchev–Trinajstić information content (AvgIpc) is 3.04. The molecule has 0 bridgehead atoms. The normalized spacial score (nSPS) is 16.5. The molecule has 30 heavy (non-hydrogen) atoms. The Bertz CT molecular complexity index is 908. The molecule has 2 aliphatic heterocycles. The quantitative estimate of drug-likeness (QED) is 0.792. The molecule has 0 atom stereocenters. The number of anilines is 1. The highest BCUT2D eigenvalue weighted by atomic mass is 16.4. The maximum atomic E-state index is 11.7. The SMILES string of the molecule is Cc1ccc(N2CC[N+](c3ccc(C)cc3)=C2C(=O)[O-])cc1.O=C1CCCCCN1. The lowest BCUT2D eigenvalue weighted by atomic mass is 10.2. The molecule has 1 amide bonds. The van der Waals surface area contributed by atoms with E-state index in [4.69, 9.17) is 0 Å². The Morgan fingerprint density at radius 2 is 1.60 bits per heavy atom. The third-order valence-corrected chi connectivity index (χ3v) is 5.34. The molecule has 0 aromatic heterocycles. The third-order valence-electron chi connectivity index (χ3n) is 5.34. The van der Waals surface area contributed by atoms with Crippen molar-refractivity contribution in [2.75, 3.05) is 24.5 Å². The summed E-state index contributed by atoms with van der Waals surface area (Å²) in [6, 6.07) is 15.7. The number of carbonyl (C=O) groups excluding carboxylic acids is 2. The van der Waals surface area contributed by atoms with E-state index in [0.29, 0.717) is 13.1 Å². The fourth-order valence-corrected chi connectivity index (χ4v) is 3.63. The number of rotatable bonds is 3. The van der Waals surface area contributed by atoms with E-state index in [1.54, 1.807) is 9.48 Å². The van der Waals surface area contributed by atoms with E-state index < -0.39 is 5.97 Å². The smallest absolute Gasteiger partial charge is 0.305 e. The Hall–Kier alpha value is -3.15. The van der Waals surface area contributed by atoms with Crippen LogP contribution in [0.2, 0.25) is 0 Å². The molecule has 4 rings (SSSR count). The Kier molecular flexibility index (Phi) is 7.22. The molecule has 0 unspecified atom stereocenters. The second kappa shape index (κ2) is 10.1. The fourth-order valence-electron chi connectivity index (χ4n) is 3.63. The molecule has 2 heterocycles. The summed E-state index contributed by atoms with van der Waals surface area (Å²) in [6.07, 6.45) is 4.18. The molecule has 2 aliphatic rings. The van der Waals surface area contributed by atoms with Crippen LogP contribution < -0.4 is 15.3 Å². The van der Waals surface area contributed by atoms with Gasteiger partial charge in [0.15, 0.2) is 5.97 Å². The van der Waals surface area contributed by atoms with Crippen molar-refractivity contribution >= 4 is 29.1 Å². The van der Waals surface area contributed by atoms with Crippen LogP contribution in [0.15, 0.2) is 48.5 Å². The molecule has 2 aromatic carbocycles. The minimum atomic E-state index is -1.15. The lowest BCUT2D eigenvalue weighted by Crippen LogP contribution is -2.44. The number of amides is 1. The second-order valence-corrected chi connectivity index (χ2v) is 7.75. The Balaban J connectivity index is 0.000000269. The van der Waals surface area contributed by atoms with Gasteiger partial charge in [0, 0.05) is 13.0 Å². The first-order valence-electron chi connectivity index (χ1n) is 10.5. The zero-order valence-corrected chi connectivity index (χ0v) is 17.7. The van der Waals surface area contributed by atoms with Crippen LogP contribution >= 0.6 is 0 Å². The minimum absolute atomic E-state index is 0.202. The van der Waals surface area contributed by atoms with Crippen LogP contribution in [0.25, 0.3) is 0 Å². The monoisotopic (exact) mass is 407 g/mol. The van der Waals surface area contributed by atoms with Gasteiger partial charge in [-0.2, -0.15) is 0 Å². The molecule has 0 aliphatic carbocycles. The van der Waals surface area contributed by atoms with Crippen molar-refractivity contribution in [2.45, 2.75) is 39.5 Å². The third kappa shape index (κ3) is 5.47. The van der Waals surface area contributed by atoms with Crippen molar-refractivity contribution < 1.29 is 19.3 Å². The van der Waals surface area contributed by atoms with Gasteiger partial charge in [-0.3, -0.25) is 4.79 Å². The molecule has 0 radical (unpaired) electrons. The zero-order chi connectivity index (χ0) is 21.5. The molecule has 1 saturated heterocycles. The Morgan fingerprint density at radius 3 is 2.23 bits per heavy atom. The van der Waals surface area contributed by atoms with Crippen LogP contribution in [-0.2, 0) is 9.59 Å². The molecule has 0 saturated carbocycles. The Labute approximate surface area is 177 Å². The van der Waals surface area contributed by atoms with E-state index in [0.717, 1.165) is 48.3 Å². The number of hydrogen-bond acceptors (Lipinski definition) is 4. The van der Waals surface area contributed by atoms with E-state index in [9.17, 15) is 14.7 Å². The van der Waals surface area contributed by atoms with Crippen molar-refractivity contribution in [3.63, 3.8) is 0 Å². The summed E-state index contributed by atoms with van der Waals surface area (Å²) >= 11 is 0. The van der Waals surface area contributed by atoms with E-state index >= 15 is 0 Å². The fraction of sp³-hybridized carbons (Fsp3) is 0.375. The van der Waals surface area contributed by atoms with Crippen LogP contribution in [0.1, 0.15) is 36.8 Å². The lowest BCUT2D eigenvalue weighted by Gasteiger charge is -2.14. The van der Waals surface area contributed by atoms with Crippen LogP contribution in [-0.4, -0.2) is 41.9 Å². The first-order valence-corrected chi connectivity index (χ1v) is 10.5. The van der Waals surface area contributed by atoms with Crippen molar-refractivity contribution in [2.24, 2.45) is 0 Å². The van der Waals surface area contributed by atoms with Gasteiger partial charge in [-0.1, -0.05) is 41.8 Å². The van der Waals surface area contributed by atoms with E-state index in [-0.39, 0.29) is 11.7 Å². The van der Waals surface area contributed by atoms with Gasteiger partial charge in [0.05, 0.1) is 0 Å². The van der Waals surface area contributed by atoms with E-state index in [1.165, 1.54) is 6.42 Å². The summed E-state index contributed by atoms with van der Waals surface area (Å²) in [6.45, 7) is 6.16. The lowest BCUT2D eigenvalue weighted by molar-refractivity contribution is -0.432. The van der Waals surface area contributed by atoms with Gasteiger partial charge in [-0.15, -0.1) is 0 Å². The summed E-state index contributed by atoms with van der Waals surface area (Å²) in [5.41, 5.74) is 4.04. The molecule has 1 fully saturated rings. The topological polar surface area (TPSA) is 75.5 Å². The number of nitrogens with one attached hydrogen (secondary N) is 1. The van der Waals surface area contributed by atoms with Crippen molar-refractivity contribution in [3.8, 4) is 0 Å². The number of hydrogen-bond donors (Lipinski definition) is 1. The zero-order valence-electron chi connectivity index (χ0n) is 17.7. The van der Waals surface area contributed by atoms with Crippen molar-refractivity contribution in [3.05, 3.63) is 59.7 Å². The summed E-state index contributed by atoms with van der Waals surface area (Å²) in [5, 5.41) is 14.5. The van der Waals surface area contributed by atoms with Crippen LogP contribution in [0.5, 0.6) is 0 Å². The first-order chi connectivity index (χ1) is 14.5. The highest BCUT2D eigenvalue weighted by Crippen LogP contribution is 2.22. The number of amidine groups is 1. The van der Waals surface area contributed by atoms with Crippen LogP contribution in [0.4, 0.5) is 11.4 Å². The molecule has 1 N–H and O–H groups in total. The Morgan fingerprint density at radius 1 is 0.967 bits per heavy atom. The number of carboxylic acids is 1. The minimum Gasteiger partial charge on any atom is -0.538 e. The number of aliphatic carboxylic acids is 1. The molecule has 158 valence electrons. The van der Waals surface area contributed by atoms with E-state index in [2.05, 4.69) is 5.32 Å². The van der Waals surface area contributed by atoms with Crippen LogP contribution in [0, 0.1) is 13.8 Å². The molecule has 2 aromatic rings. The van der Waals surface area contributed by atoms with Gasteiger partial charge in [-0.05, 0) is 51.0 Å². The number of carboxylic acid groups (broad SMARTS) is 1. The number of carbonyl (C=O) groups is 2. The summed E-state index contributed by atoms with van der Waals surface area (Å²) in [5.74, 6) is -0.728. The maximum Gasteiger partial charge on any atom is 0.305 e. The van der Waals surface area contributed by atoms with Gasteiger partial charge in [0.25, 0.3) is 0 Å². The van der Waals surface area contributed by atoms with Crippen molar-refractivity contribution in [1.82, 2.24) is 5.32 Å². The van der Waals surface area contributed by atoms with Crippen LogP contribution in [0.3, 0.4) is 0 Å². The largest absolute Gasteiger partial charge is 0.538 e. The number of nitrogens with zero attached hydrogens (tertiary/aromatic N) is 2. The predicted octanol–water partition coefficient (Wildman–Crippen LogP) is 2.29. The summed E-state index contributed by atoms with van der Waals surface area (Å²) in [7, 11) is 0. The number of benzene rings is 2. The predicted molar refractivity (Wildman–Crippen MR) is 116 cm³/mol. The first kappa shape index (κ1) is 21.6. The molecule has 0 spiro atoms.